The molecule has 0 atom stereocenters. The Bertz CT molecular complexity index is 604. The second kappa shape index (κ2) is 6.26. The van der Waals surface area contributed by atoms with Gasteiger partial charge < -0.3 is 10.0 Å². The van der Waals surface area contributed by atoms with E-state index in [0.717, 1.165) is 37.5 Å². The number of anilines is 1. The van der Waals surface area contributed by atoms with Gasteiger partial charge in [-0.25, -0.2) is 9.78 Å². The summed E-state index contributed by atoms with van der Waals surface area (Å²) in [5.41, 5.74) is 1.40. The summed E-state index contributed by atoms with van der Waals surface area (Å²) < 4.78 is 0. The van der Waals surface area contributed by atoms with Crippen LogP contribution in [0.5, 0.6) is 0 Å². The van der Waals surface area contributed by atoms with Crippen LogP contribution in [0.2, 0.25) is 0 Å². The number of piperidine rings is 1. The highest BCUT2D eigenvalue weighted by molar-refractivity contribution is 7.17. The van der Waals surface area contributed by atoms with Gasteiger partial charge >= 0.3 is 5.97 Å². The first kappa shape index (κ1) is 14.1. The van der Waals surface area contributed by atoms with Gasteiger partial charge in [-0.2, -0.15) is 0 Å². The van der Waals surface area contributed by atoms with Gasteiger partial charge in [0.25, 0.3) is 0 Å². The summed E-state index contributed by atoms with van der Waals surface area (Å²) in [5, 5.41) is 9.79. The molecule has 1 saturated heterocycles. The third-order valence-electron chi connectivity index (χ3n) is 3.96. The first-order valence-corrected chi connectivity index (χ1v) is 8.02. The van der Waals surface area contributed by atoms with E-state index >= 15 is 0 Å². The number of hydrogen-bond acceptors (Lipinski definition) is 4. The number of nitrogens with zero attached hydrogens (tertiary/aromatic N) is 2. The number of carbonyl (C=O) groups is 1. The van der Waals surface area contributed by atoms with Crippen LogP contribution < -0.4 is 4.90 Å². The summed E-state index contributed by atoms with van der Waals surface area (Å²) in [7, 11) is 0. The molecule has 1 aromatic carbocycles. The number of carboxylic acid groups (broad SMARTS) is 1. The summed E-state index contributed by atoms with van der Waals surface area (Å²) in [6, 6.07) is 10.6. The molecule has 0 radical (unpaired) electrons. The fourth-order valence-electron chi connectivity index (χ4n) is 2.79. The average molecular weight is 302 g/mol. The van der Waals surface area contributed by atoms with E-state index in [0.29, 0.717) is 10.8 Å². The van der Waals surface area contributed by atoms with Crippen molar-refractivity contribution in [3.8, 4) is 0 Å². The maximum Gasteiger partial charge on any atom is 0.347 e. The Morgan fingerprint density at radius 2 is 2.00 bits per heavy atom. The monoisotopic (exact) mass is 302 g/mol. The summed E-state index contributed by atoms with van der Waals surface area (Å²) in [5.74, 6) is -0.180. The van der Waals surface area contributed by atoms with Crippen molar-refractivity contribution in [3.63, 3.8) is 0 Å². The largest absolute Gasteiger partial charge is 0.477 e. The van der Waals surface area contributed by atoms with Crippen molar-refractivity contribution in [1.29, 1.82) is 0 Å². The average Bonchev–Trinajstić information content (AvgIpc) is 2.99. The highest BCUT2D eigenvalue weighted by Crippen LogP contribution is 2.28. The molecule has 110 valence electrons. The van der Waals surface area contributed by atoms with Gasteiger partial charge in [0.1, 0.15) is 4.88 Å². The van der Waals surface area contributed by atoms with E-state index in [1.165, 1.54) is 23.1 Å². The van der Waals surface area contributed by atoms with Crippen LogP contribution in [0.15, 0.2) is 36.5 Å². The Morgan fingerprint density at radius 3 is 2.62 bits per heavy atom. The van der Waals surface area contributed by atoms with Crippen molar-refractivity contribution in [3.05, 3.63) is 47.0 Å². The van der Waals surface area contributed by atoms with Crippen LogP contribution in [0.1, 0.15) is 28.1 Å². The third-order valence-corrected chi connectivity index (χ3v) is 5.00. The molecule has 0 bridgehead atoms. The van der Waals surface area contributed by atoms with Crippen LogP contribution in [0.25, 0.3) is 0 Å². The van der Waals surface area contributed by atoms with Gasteiger partial charge in [-0.1, -0.05) is 41.7 Å². The molecule has 21 heavy (non-hydrogen) atoms. The topological polar surface area (TPSA) is 53.4 Å². The minimum atomic E-state index is -0.891. The predicted molar refractivity (Wildman–Crippen MR) is 84.2 cm³/mol. The lowest BCUT2D eigenvalue weighted by molar-refractivity contribution is 0.0702. The molecule has 1 aromatic heterocycles. The number of aromatic nitrogens is 1. The van der Waals surface area contributed by atoms with Crippen molar-refractivity contribution in [1.82, 2.24) is 4.98 Å². The zero-order valence-electron chi connectivity index (χ0n) is 11.7. The Balaban J connectivity index is 1.56. The van der Waals surface area contributed by atoms with Gasteiger partial charge in [0.2, 0.25) is 0 Å². The number of benzene rings is 1. The molecule has 1 fully saturated rings. The number of hydrogen-bond donors (Lipinski definition) is 1. The van der Waals surface area contributed by atoms with E-state index in [1.54, 1.807) is 0 Å². The van der Waals surface area contributed by atoms with E-state index < -0.39 is 5.97 Å². The predicted octanol–water partition coefficient (Wildman–Crippen LogP) is 3.30. The summed E-state index contributed by atoms with van der Waals surface area (Å²) in [6.45, 7) is 1.92. The zero-order valence-corrected chi connectivity index (χ0v) is 12.6. The molecular formula is C16H18N2O2S. The first-order chi connectivity index (χ1) is 10.2. The molecule has 3 rings (SSSR count). The van der Waals surface area contributed by atoms with E-state index in [1.807, 2.05) is 0 Å². The minimum Gasteiger partial charge on any atom is -0.477 e. The SMILES string of the molecule is O=C(O)c1cnc(N2CCC(Cc3ccccc3)CC2)s1. The van der Waals surface area contributed by atoms with Crippen molar-refractivity contribution < 1.29 is 9.90 Å². The molecule has 1 N–H and O–H groups in total. The van der Waals surface area contributed by atoms with Gasteiger partial charge in [-0.05, 0) is 30.7 Å². The fraction of sp³-hybridized carbons (Fsp3) is 0.375. The third kappa shape index (κ3) is 3.42. The first-order valence-electron chi connectivity index (χ1n) is 7.20. The molecular weight excluding hydrogens is 284 g/mol. The van der Waals surface area contributed by atoms with E-state index in [2.05, 4.69) is 40.2 Å². The standard InChI is InChI=1S/C16H18N2O2S/c19-15(20)14-11-17-16(21-14)18-8-6-13(7-9-18)10-12-4-2-1-3-5-12/h1-5,11,13H,6-10H2,(H,19,20). The minimum absolute atomic E-state index is 0.316. The van der Waals surface area contributed by atoms with Crippen molar-refractivity contribution in [2.75, 3.05) is 18.0 Å². The molecule has 1 aliphatic rings. The molecule has 1 aliphatic heterocycles. The lowest BCUT2D eigenvalue weighted by atomic mass is 9.90. The summed E-state index contributed by atoms with van der Waals surface area (Å²) in [6.07, 6.45) is 4.86. The quantitative estimate of drug-likeness (QED) is 0.941. The normalized spacial score (nSPS) is 16.1. The molecule has 0 amide bonds. The van der Waals surface area contributed by atoms with Crippen molar-refractivity contribution in [2.45, 2.75) is 19.3 Å². The second-order valence-electron chi connectivity index (χ2n) is 5.43. The van der Waals surface area contributed by atoms with Crippen LogP contribution in [-0.4, -0.2) is 29.1 Å². The molecule has 0 spiro atoms. The van der Waals surface area contributed by atoms with E-state index in [9.17, 15) is 4.79 Å². The number of carboxylic acids is 1. The Hall–Kier alpha value is -1.88. The van der Waals surface area contributed by atoms with Gasteiger partial charge in [0.15, 0.2) is 5.13 Å². The lowest BCUT2D eigenvalue weighted by Gasteiger charge is -2.31. The summed E-state index contributed by atoms with van der Waals surface area (Å²) in [4.78, 5) is 17.7. The van der Waals surface area contributed by atoms with Crippen molar-refractivity contribution in [2.24, 2.45) is 5.92 Å². The van der Waals surface area contributed by atoms with Gasteiger partial charge in [0, 0.05) is 13.1 Å². The maximum atomic E-state index is 10.9. The van der Waals surface area contributed by atoms with Crippen LogP contribution in [0.4, 0.5) is 5.13 Å². The highest BCUT2D eigenvalue weighted by atomic mass is 32.1. The van der Waals surface area contributed by atoms with Crippen molar-refractivity contribution >= 4 is 22.4 Å². The van der Waals surface area contributed by atoms with E-state index in [-0.39, 0.29) is 0 Å². The molecule has 2 aromatic rings. The molecule has 4 nitrogen and oxygen atoms in total. The van der Waals surface area contributed by atoms with Crippen LogP contribution in [0.3, 0.4) is 0 Å². The Morgan fingerprint density at radius 1 is 1.29 bits per heavy atom. The van der Waals surface area contributed by atoms with E-state index in [4.69, 9.17) is 5.11 Å². The maximum absolute atomic E-state index is 10.9. The second-order valence-corrected chi connectivity index (χ2v) is 6.44. The highest BCUT2D eigenvalue weighted by Gasteiger charge is 2.22. The Kier molecular flexibility index (Phi) is 4.20. The Labute approximate surface area is 128 Å². The smallest absolute Gasteiger partial charge is 0.347 e. The fourth-order valence-corrected chi connectivity index (χ4v) is 3.59. The number of aromatic carboxylic acids is 1. The zero-order chi connectivity index (χ0) is 14.7. The molecule has 0 unspecified atom stereocenters. The van der Waals surface area contributed by atoms with Gasteiger partial charge in [-0.3, -0.25) is 0 Å². The molecule has 5 heteroatoms. The lowest BCUT2D eigenvalue weighted by Crippen LogP contribution is -2.34. The van der Waals surface area contributed by atoms with Crippen LogP contribution in [-0.2, 0) is 6.42 Å². The van der Waals surface area contributed by atoms with Crippen LogP contribution >= 0.6 is 11.3 Å². The van der Waals surface area contributed by atoms with Gasteiger partial charge in [0.05, 0.1) is 6.20 Å². The van der Waals surface area contributed by atoms with Crippen LogP contribution in [0, 0.1) is 5.92 Å². The molecule has 0 aliphatic carbocycles. The molecule has 2 heterocycles. The van der Waals surface area contributed by atoms with Gasteiger partial charge in [-0.15, -0.1) is 0 Å². The number of rotatable bonds is 4. The number of thiazole rings is 1. The summed E-state index contributed by atoms with van der Waals surface area (Å²) >= 11 is 1.27. The molecule has 0 saturated carbocycles.